The Kier molecular flexibility index (Phi) is 13.0. The van der Waals surface area contributed by atoms with E-state index in [0.29, 0.717) is 25.7 Å². The number of hydrogen-bond acceptors (Lipinski definition) is 7. The summed E-state index contributed by atoms with van der Waals surface area (Å²) in [5, 5.41) is 1.98. The molecule has 1 aliphatic rings. The van der Waals surface area contributed by atoms with Crippen molar-refractivity contribution in [1.82, 2.24) is 0 Å². The van der Waals surface area contributed by atoms with E-state index < -0.39 is 40.0 Å². The summed E-state index contributed by atoms with van der Waals surface area (Å²) in [5.74, 6) is -0.568. The predicted molar refractivity (Wildman–Crippen MR) is 217 cm³/mol. The Bertz CT molecular complexity index is 1760. The molecule has 9 heteroatoms. The third kappa shape index (κ3) is 10.5. The molecule has 0 aromatic heterocycles. The molecule has 0 saturated heterocycles. The first kappa shape index (κ1) is 42.5. The van der Waals surface area contributed by atoms with Gasteiger partial charge in [-0.1, -0.05) is 126 Å². The van der Waals surface area contributed by atoms with E-state index >= 15 is 0 Å². The summed E-state index contributed by atoms with van der Waals surface area (Å²) in [7, 11) is -4.93. The molecule has 53 heavy (non-hydrogen) atoms. The Morgan fingerprint density at radius 3 is 1.83 bits per heavy atom. The Labute approximate surface area is 320 Å². The van der Waals surface area contributed by atoms with Gasteiger partial charge in [-0.05, 0) is 91.8 Å². The highest BCUT2D eigenvalue weighted by atomic mass is 32.2. The minimum absolute atomic E-state index is 0.0123. The second-order valence-corrected chi connectivity index (χ2v) is 24.6. The van der Waals surface area contributed by atoms with Crippen molar-refractivity contribution >= 4 is 40.5 Å². The molecule has 0 bridgehead atoms. The first-order valence-corrected chi connectivity index (χ1v) is 22.7. The van der Waals surface area contributed by atoms with Crippen LogP contribution in [0.4, 0.5) is 0 Å². The van der Waals surface area contributed by atoms with Crippen molar-refractivity contribution in [3.63, 3.8) is 0 Å². The summed E-state index contributed by atoms with van der Waals surface area (Å²) in [6.45, 7) is 18.1. The van der Waals surface area contributed by atoms with E-state index in [1.54, 1.807) is 0 Å². The van der Waals surface area contributed by atoms with E-state index in [2.05, 4.69) is 45.0 Å². The van der Waals surface area contributed by atoms with Crippen LogP contribution in [-0.4, -0.2) is 59.5 Å². The van der Waals surface area contributed by atoms with Gasteiger partial charge in [0.15, 0.2) is 9.84 Å². The van der Waals surface area contributed by atoms with Gasteiger partial charge in [0.05, 0.1) is 29.4 Å². The SMILES string of the molecule is COC(=O)C1(Cc2cccc(C(C)(CCCC(C)(C)CS(=O)(=O)CCO[Si](c3ccccc3)(c3ccccc3)C(C)(C)C)C(=O)OC(C)(C)C)c2)CC1. The number of hydrogen-bond donors (Lipinski definition) is 0. The van der Waals surface area contributed by atoms with Crippen LogP contribution in [0.2, 0.25) is 5.04 Å². The van der Waals surface area contributed by atoms with Gasteiger partial charge in [-0.15, -0.1) is 0 Å². The minimum Gasteiger partial charge on any atom is -0.469 e. The van der Waals surface area contributed by atoms with Crippen LogP contribution in [0.25, 0.3) is 0 Å². The molecule has 3 aromatic rings. The molecule has 1 atom stereocenters. The molecule has 0 N–H and O–H groups in total. The molecule has 0 heterocycles. The predicted octanol–water partition coefficient (Wildman–Crippen LogP) is 7.97. The van der Waals surface area contributed by atoms with Gasteiger partial charge < -0.3 is 13.9 Å². The molecular formula is C44H62O7SSi. The number of esters is 2. The molecular weight excluding hydrogens is 701 g/mol. The standard InChI is InChI=1S/C44H62O7SSi/c1-40(2,3)51-38(45)43(9,35-20-17-19-34(31-35)32-44(27-28-44)39(46)49-10)26-18-25-42(7,8)33-52(47,48)30-29-50-53(41(4,5)6,36-21-13-11-14-22-36)37-23-15-12-16-24-37/h11-17,19-24,31H,18,25-30,32-33H2,1-10H3. The fourth-order valence-corrected chi connectivity index (χ4v) is 14.3. The lowest BCUT2D eigenvalue weighted by molar-refractivity contribution is -0.162. The first-order valence-electron chi connectivity index (χ1n) is 18.9. The second-order valence-electron chi connectivity index (χ2n) is 18.1. The molecule has 290 valence electrons. The highest BCUT2D eigenvalue weighted by Gasteiger charge is 2.52. The van der Waals surface area contributed by atoms with Crippen molar-refractivity contribution in [2.24, 2.45) is 10.8 Å². The quantitative estimate of drug-likeness (QED) is 0.102. The summed E-state index contributed by atoms with van der Waals surface area (Å²) < 4.78 is 45.5. The molecule has 1 fully saturated rings. The monoisotopic (exact) mass is 762 g/mol. The molecule has 3 aromatic carbocycles. The Morgan fingerprint density at radius 2 is 1.34 bits per heavy atom. The van der Waals surface area contributed by atoms with Crippen LogP contribution in [0, 0.1) is 10.8 Å². The molecule has 1 aliphatic carbocycles. The van der Waals surface area contributed by atoms with Crippen molar-refractivity contribution in [2.75, 3.05) is 25.2 Å². The summed E-state index contributed by atoms with van der Waals surface area (Å²) >= 11 is 0. The molecule has 0 amide bonds. The number of ether oxygens (including phenoxy) is 2. The van der Waals surface area contributed by atoms with Gasteiger partial charge in [-0.3, -0.25) is 9.59 Å². The van der Waals surface area contributed by atoms with Gasteiger partial charge in [-0.2, -0.15) is 0 Å². The normalized spacial score (nSPS) is 16.0. The van der Waals surface area contributed by atoms with Crippen molar-refractivity contribution in [3.05, 3.63) is 96.1 Å². The summed E-state index contributed by atoms with van der Waals surface area (Å²) in [4.78, 5) is 26.4. The molecule has 1 unspecified atom stereocenters. The van der Waals surface area contributed by atoms with Crippen molar-refractivity contribution < 1.29 is 31.9 Å². The fraction of sp³-hybridized carbons (Fsp3) is 0.545. The van der Waals surface area contributed by atoms with E-state index in [0.717, 1.165) is 34.3 Å². The van der Waals surface area contributed by atoms with Crippen LogP contribution in [0.15, 0.2) is 84.9 Å². The molecule has 7 nitrogen and oxygen atoms in total. The van der Waals surface area contributed by atoms with Crippen LogP contribution in [0.3, 0.4) is 0 Å². The van der Waals surface area contributed by atoms with Crippen LogP contribution in [0.5, 0.6) is 0 Å². The molecule has 0 aliphatic heterocycles. The molecule has 4 rings (SSSR count). The highest BCUT2D eigenvalue weighted by Crippen LogP contribution is 2.50. The number of methoxy groups -OCH3 is 1. The molecule has 0 radical (unpaired) electrons. The summed E-state index contributed by atoms with van der Waals surface area (Å²) in [6, 6.07) is 28.4. The number of rotatable bonds is 17. The maximum atomic E-state index is 13.9. The fourth-order valence-electron chi connectivity index (χ4n) is 7.73. The Morgan fingerprint density at radius 1 is 0.774 bits per heavy atom. The van der Waals surface area contributed by atoms with Gasteiger partial charge in [-0.25, -0.2) is 8.42 Å². The third-order valence-electron chi connectivity index (χ3n) is 10.7. The van der Waals surface area contributed by atoms with Crippen molar-refractivity contribution in [3.8, 4) is 0 Å². The number of sulfone groups is 1. The number of carbonyl (C=O) groups excluding carboxylic acids is 2. The summed E-state index contributed by atoms with van der Waals surface area (Å²) in [5.41, 5.74) is -0.864. The van der Waals surface area contributed by atoms with Crippen LogP contribution >= 0.6 is 0 Å². The largest absolute Gasteiger partial charge is 0.469 e. The third-order valence-corrected chi connectivity index (χ3v) is 17.8. The second kappa shape index (κ2) is 16.2. The van der Waals surface area contributed by atoms with E-state index in [1.807, 2.05) is 102 Å². The van der Waals surface area contributed by atoms with Gasteiger partial charge >= 0.3 is 11.9 Å². The minimum atomic E-state index is -3.49. The van der Waals surface area contributed by atoms with E-state index in [-0.39, 0.29) is 35.1 Å². The number of carbonyl (C=O) groups is 2. The topological polar surface area (TPSA) is 96.0 Å². The maximum Gasteiger partial charge on any atom is 0.316 e. The van der Waals surface area contributed by atoms with Gasteiger partial charge in [0.2, 0.25) is 0 Å². The van der Waals surface area contributed by atoms with Crippen LogP contribution < -0.4 is 10.4 Å². The van der Waals surface area contributed by atoms with Crippen LogP contribution in [0.1, 0.15) is 106 Å². The average molecular weight is 763 g/mol. The zero-order valence-electron chi connectivity index (χ0n) is 33.7. The van der Waals surface area contributed by atoms with Gasteiger partial charge in [0.1, 0.15) is 5.60 Å². The average Bonchev–Trinajstić information content (AvgIpc) is 3.85. The molecule has 0 spiro atoms. The van der Waals surface area contributed by atoms with Gasteiger partial charge in [0, 0.05) is 6.61 Å². The molecule has 1 saturated carbocycles. The lowest BCUT2D eigenvalue weighted by atomic mass is 9.75. The zero-order valence-corrected chi connectivity index (χ0v) is 35.5. The van der Waals surface area contributed by atoms with Gasteiger partial charge in [0.25, 0.3) is 8.32 Å². The lowest BCUT2D eigenvalue weighted by Gasteiger charge is -2.43. The van der Waals surface area contributed by atoms with E-state index in [1.165, 1.54) is 7.11 Å². The first-order chi connectivity index (χ1) is 24.6. The Hall–Kier alpha value is -3.27. The van der Waals surface area contributed by atoms with Crippen LogP contribution in [-0.2, 0) is 45.2 Å². The van der Waals surface area contributed by atoms with E-state index in [9.17, 15) is 18.0 Å². The highest BCUT2D eigenvalue weighted by molar-refractivity contribution is 7.91. The zero-order chi connectivity index (χ0) is 39.3. The van der Waals surface area contributed by atoms with Crippen molar-refractivity contribution in [2.45, 2.75) is 117 Å². The lowest BCUT2D eigenvalue weighted by Crippen LogP contribution is -2.66. The smallest absolute Gasteiger partial charge is 0.316 e. The Balaban J connectivity index is 1.48. The van der Waals surface area contributed by atoms with E-state index in [4.69, 9.17) is 13.9 Å². The number of benzene rings is 3. The summed E-state index contributed by atoms with van der Waals surface area (Å²) in [6.07, 6.45) is 3.84. The van der Waals surface area contributed by atoms with Crippen molar-refractivity contribution in [1.29, 1.82) is 0 Å². The maximum absolute atomic E-state index is 13.9.